The number of carboxylic acids is 1. The Kier molecular flexibility index (Phi) is 7.48. The summed E-state index contributed by atoms with van der Waals surface area (Å²) in [6.45, 7) is -0.258. The number of aliphatic carboxylic acids is 1. The third kappa shape index (κ3) is 7.26. The highest BCUT2D eigenvalue weighted by molar-refractivity contribution is 5.73. The monoisotopic (exact) mass is 438 g/mol. The Balaban J connectivity index is 1.40. The van der Waals surface area contributed by atoms with Crippen molar-refractivity contribution in [2.24, 2.45) is 0 Å². The van der Waals surface area contributed by atoms with E-state index in [0.29, 0.717) is 36.9 Å². The molecule has 10 heteroatoms. The number of benzene rings is 2. The lowest BCUT2D eigenvalue weighted by Crippen LogP contribution is -2.31. The van der Waals surface area contributed by atoms with Gasteiger partial charge >= 0.3 is 12.1 Å². The lowest BCUT2D eigenvalue weighted by molar-refractivity contribution is -0.192. The van der Waals surface area contributed by atoms with E-state index in [1.54, 1.807) is 24.3 Å². The molecular formula is C21H21F3N2O5. The van der Waals surface area contributed by atoms with E-state index >= 15 is 0 Å². The zero-order valence-electron chi connectivity index (χ0n) is 16.4. The Morgan fingerprint density at radius 3 is 2.58 bits per heavy atom. The molecule has 2 aromatic carbocycles. The molecule has 0 bridgehead atoms. The van der Waals surface area contributed by atoms with Crippen LogP contribution in [0.1, 0.15) is 11.5 Å². The molecule has 31 heavy (non-hydrogen) atoms. The van der Waals surface area contributed by atoms with Gasteiger partial charge in [0, 0.05) is 13.0 Å². The van der Waals surface area contributed by atoms with E-state index in [4.69, 9.17) is 14.3 Å². The molecule has 0 aliphatic carbocycles. The highest BCUT2D eigenvalue weighted by atomic mass is 19.4. The van der Waals surface area contributed by atoms with E-state index in [1.807, 2.05) is 24.3 Å². The van der Waals surface area contributed by atoms with Gasteiger partial charge in [0.25, 0.3) is 0 Å². The number of carbonyl (C=O) groups is 1. The molecule has 0 amide bonds. The van der Waals surface area contributed by atoms with Crippen molar-refractivity contribution in [1.82, 2.24) is 10.3 Å². The fraction of sp³-hybridized carbons (Fsp3) is 0.333. The maximum Gasteiger partial charge on any atom is 0.411 e. The zero-order valence-corrected chi connectivity index (χ0v) is 16.4. The number of hydrogen-bond donors (Lipinski definition) is 2. The molecule has 1 heterocycles. The number of aromatic nitrogens is 1. The van der Waals surface area contributed by atoms with Gasteiger partial charge in [0.2, 0.25) is 5.89 Å². The number of hydrogen-bond acceptors (Lipinski definition) is 6. The number of nitrogens with one attached hydrogen (secondary N) is 1. The summed E-state index contributed by atoms with van der Waals surface area (Å²) >= 11 is 0. The highest BCUT2D eigenvalue weighted by Crippen LogP contribution is 2.18. The Hall–Kier alpha value is -3.11. The van der Waals surface area contributed by atoms with Gasteiger partial charge in [-0.3, -0.25) is 0 Å². The molecule has 1 atom stereocenters. The van der Waals surface area contributed by atoms with Crippen molar-refractivity contribution in [3.63, 3.8) is 0 Å². The summed E-state index contributed by atoms with van der Waals surface area (Å²) in [5, 5.41) is 12.2. The predicted molar refractivity (Wildman–Crippen MR) is 105 cm³/mol. The minimum Gasteiger partial charge on any atom is -0.492 e. The standard InChI is InChI=1S/C21H21F3N2O5/c22-21(23,24)13-30-18(20(27)28)11-14-5-7-15(8-6-14)29-10-9-25-12-19-26-16-3-1-2-4-17(16)31-19/h1-8,18,25H,9-13H2,(H,27,28). The first-order valence-electron chi connectivity index (χ1n) is 9.48. The number of rotatable bonds is 11. The van der Waals surface area contributed by atoms with Crippen LogP contribution in [0.15, 0.2) is 52.9 Å². The quantitative estimate of drug-likeness (QED) is 0.442. The van der Waals surface area contributed by atoms with E-state index in [9.17, 15) is 18.0 Å². The minimum atomic E-state index is -4.58. The van der Waals surface area contributed by atoms with Crippen molar-refractivity contribution in [3.8, 4) is 5.75 Å². The lowest BCUT2D eigenvalue weighted by atomic mass is 10.1. The average Bonchev–Trinajstić information content (AvgIpc) is 3.14. The van der Waals surface area contributed by atoms with Crippen molar-refractivity contribution in [1.29, 1.82) is 0 Å². The number of ether oxygens (including phenoxy) is 2. The summed E-state index contributed by atoms with van der Waals surface area (Å²) in [7, 11) is 0. The van der Waals surface area contributed by atoms with E-state index in [2.05, 4.69) is 15.0 Å². The Bertz CT molecular complexity index is 956. The van der Waals surface area contributed by atoms with Crippen LogP contribution in [0.25, 0.3) is 11.1 Å². The first kappa shape index (κ1) is 22.6. The highest BCUT2D eigenvalue weighted by Gasteiger charge is 2.31. The maximum atomic E-state index is 12.2. The second-order valence-electron chi connectivity index (χ2n) is 6.70. The van der Waals surface area contributed by atoms with Crippen LogP contribution in [-0.4, -0.2) is 48.1 Å². The van der Waals surface area contributed by atoms with Gasteiger partial charge in [-0.15, -0.1) is 0 Å². The van der Waals surface area contributed by atoms with Gasteiger partial charge in [0.1, 0.15) is 24.5 Å². The molecule has 166 valence electrons. The SMILES string of the molecule is O=C(O)C(Cc1ccc(OCCNCc2nc3ccccc3o2)cc1)OCC(F)(F)F. The molecule has 0 aliphatic heterocycles. The Labute approximate surface area is 175 Å². The summed E-state index contributed by atoms with van der Waals surface area (Å²) in [6.07, 6.45) is -6.35. The summed E-state index contributed by atoms with van der Waals surface area (Å²) in [6, 6.07) is 13.9. The number of halogens is 3. The van der Waals surface area contributed by atoms with Crippen molar-refractivity contribution >= 4 is 17.1 Å². The fourth-order valence-electron chi connectivity index (χ4n) is 2.78. The van der Waals surface area contributed by atoms with Gasteiger partial charge in [0.05, 0.1) is 6.54 Å². The van der Waals surface area contributed by atoms with Crippen molar-refractivity contribution < 1.29 is 37.0 Å². The third-order valence-electron chi connectivity index (χ3n) is 4.23. The molecular weight excluding hydrogens is 417 g/mol. The molecule has 0 spiro atoms. The van der Waals surface area contributed by atoms with Crippen LogP contribution < -0.4 is 10.1 Å². The van der Waals surface area contributed by atoms with E-state index in [0.717, 1.165) is 11.1 Å². The fourth-order valence-corrected chi connectivity index (χ4v) is 2.78. The number of nitrogens with zero attached hydrogens (tertiary/aromatic N) is 1. The van der Waals surface area contributed by atoms with Crippen LogP contribution in [0, 0.1) is 0 Å². The summed E-state index contributed by atoms with van der Waals surface area (Å²) in [5.41, 5.74) is 2.05. The number of fused-ring (bicyclic) bond motifs is 1. The van der Waals surface area contributed by atoms with Gasteiger partial charge in [-0.2, -0.15) is 13.2 Å². The Morgan fingerprint density at radius 1 is 1.16 bits per heavy atom. The maximum absolute atomic E-state index is 12.2. The lowest BCUT2D eigenvalue weighted by Gasteiger charge is -2.15. The number of carboxylic acid groups (broad SMARTS) is 1. The number of alkyl halides is 3. The smallest absolute Gasteiger partial charge is 0.411 e. The second-order valence-corrected chi connectivity index (χ2v) is 6.70. The van der Waals surface area contributed by atoms with Gasteiger partial charge < -0.3 is 24.3 Å². The molecule has 0 aliphatic rings. The molecule has 7 nitrogen and oxygen atoms in total. The average molecular weight is 438 g/mol. The second kappa shape index (κ2) is 10.3. The van der Waals surface area contributed by atoms with Crippen LogP contribution in [0.5, 0.6) is 5.75 Å². The third-order valence-corrected chi connectivity index (χ3v) is 4.23. The first-order valence-corrected chi connectivity index (χ1v) is 9.48. The summed E-state index contributed by atoms with van der Waals surface area (Å²) in [5.74, 6) is -0.323. The molecule has 0 saturated heterocycles. The van der Waals surface area contributed by atoms with Crippen LogP contribution >= 0.6 is 0 Å². The predicted octanol–water partition coefficient (Wildman–Crippen LogP) is 3.57. The van der Waals surface area contributed by atoms with Gasteiger partial charge in [-0.25, -0.2) is 9.78 Å². The summed E-state index contributed by atoms with van der Waals surface area (Å²) < 4.78 is 52.4. The van der Waals surface area contributed by atoms with Crippen LogP contribution in [-0.2, 0) is 22.5 Å². The normalized spacial score (nSPS) is 12.7. The number of para-hydroxylation sites is 2. The largest absolute Gasteiger partial charge is 0.492 e. The topological polar surface area (TPSA) is 93.8 Å². The van der Waals surface area contributed by atoms with Crippen LogP contribution in [0.4, 0.5) is 13.2 Å². The first-order chi connectivity index (χ1) is 14.8. The van der Waals surface area contributed by atoms with Crippen LogP contribution in [0.2, 0.25) is 0 Å². The molecule has 3 aromatic rings. The van der Waals surface area contributed by atoms with Crippen molar-refractivity contribution in [3.05, 3.63) is 60.0 Å². The molecule has 0 saturated carbocycles. The van der Waals surface area contributed by atoms with E-state index < -0.39 is 24.9 Å². The summed E-state index contributed by atoms with van der Waals surface area (Å²) in [4.78, 5) is 15.5. The van der Waals surface area contributed by atoms with E-state index in [1.165, 1.54) is 0 Å². The molecule has 1 aromatic heterocycles. The molecule has 3 rings (SSSR count). The van der Waals surface area contributed by atoms with Crippen molar-refractivity contribution in [2.45, 2.75) is 25.2 Å². The van der Waals surface area contributed by atoms with Crippen molar-refractivity contribution in [2.75, 3.05) is 19.8 Å². The van der Waals surface area contributed by atoms with E-state index in [-0.39, 0.29) is 6.42 Å². The number of oxazole rings is 1. The molecule has 0 radical (unpaired) electrons. The molecule has 0 fully saturated rings. The zero-order chi connectivity index (χ0) is 22.3. The Morgan fingerprint density at radius 2 is 1.90 bits per heavy atom. The molecule has 1 unspecified atom stereocenters. The minimum absolute atomic E-state index is 0.183. The van der Waals surface area contributed by atoms with Gasteiger partial charge in [-0.1, -0.05) is 24.3 Å². The van der Waals surface area contributed by atoms with Crippen LogP contribution in [0.3, 0.4) is 0 Å². The van der Waals surface area contributed by atoms with Gasteiger partial charge in [0.15, 0.2) is 11.7 Å². The molecule has 2 N–H and O–H groups in total. The van der Waals surface area contributed by atoms with Gasteiger partial charge in [-0.05, 0) is 29.8 Å².